The molecule has 0 aliphatic rings. The third kappa shape index (κ3) is 0.844. The van der Waals surface area contributed by atoms with E-state index in [1.165, 1.54) is 6.33 Å². The number of hydrogen-bond acceptors (Lipinski definition) is 2. The molecule has 0 unspecified atom stereocenters. The fourth-order valence-corrected chi connectivity index (χ4v) is 0.793. The van der Waals surface area contributed by atoms with E-state index in [1.54, 1.807) is 6.20 Å². The maximum atomic E-state index is 3.97. The molecule has 0 saturated carbocycles. The largest absolute Gasteiger partial charge is 0.412 e. The van der Waals surface area contributed by atoms with Gasteiger partial charge >= 0.3 is 0 Å². The van der Waals surface area contributed by atoms with Crippen LogP contribution in [0.25, 0.3) is 11.0 Å². The molecule has 52 valence electrons. The second-order valence-electron chi connectivity index (χ2n) is 1.80. The van der Waals surface area contributed by atoms with Crippen molar-refractivity contribution in [2.24, 2.45) is 0 Å². The lowest BCUT2D eigenvalue weighted by atomic mass is 10.4. The Balaban J connectivity index is 0.000000500. The van der Waals surface area contributed by atoms with Gasteiger partial charge in [0.25, 0.3) is 0 Å². The number of aromatic amines is 1. The summed E-state index contributed by atoms with van der Waals surface area (Å²) in [7, 11) is 0. The van der Waals surface area contributed by atoms with Gasteiger partial charge in [0.05, 0.1) is 0 Å². The van der Waals surface area contributed by atoms with Crippen LogP contribution in [0.1, 0.15) is 0 Å². The van der Waals surface area contributed by atoms with Crippen molar-refractivity contribution >= 4 is 11.0 Å². The average Bonchev–Trinajstić information content (AvgIpc) is 2.33. The number of fused-ring (bicyclic) bond motifs is 1. The molecular formula is C6H7N3O. The van der Waals surface area contributed by atoms with Crippen LogP contribution >= 0.6 is 0 Å². The van der Waals surface area contributed by atoms with Crippen LogP contribution in [0.5, 0.6) is 0 Å². The molecule has 4 heteroatoms. The smallest absolute Gasteiger partial charge is 0.140 e. The zero-order valence-corrected chi connectivity index (χ0v) is 5.20. The first-order chi connectivity index (χ1) is 4.47. The van der Waals surface area contributed by atoms with Crippen molar-refractivity contribution in [1.29, 1.82) is 0 Å². The summed E-state index contributed by atoms with van der Waals surface area (Å²) in [5, 5.41) is 1.05. The van der Waals surface area contributed by atoms with E-state index >= 15 is 0 Å². The molecule has 2 rings (SSSR count). The molecule has 0 aromatic carbocycles. The summed E-state index contributed by atoms with van der Waals surface area (Å²) in [6, 6.07) is 1.94. The van der Waals surface area contributed by atoms with Crippen molar-refractivity contribution in [3.63, 3.8) is 0 Å². The lowest BCUT2D eigenvalue weighted by Crippen LogP contribution is -1.75. The highest BCUT2D eigenvalue weighted by Crippen LogP contribution is 2.03. The van der Waals surface area contributed by atoms with E-state index in [-0.39, 0.29) is 5.48 Å². The van der Waals surface area contributed by atoms with Gasteiger partial charge in [-0.2, -0.15) is 0 Å². The van der Waals surface area contributed by atoms with Crippen LogP contribution in [0.4, 0.5) is 0 Å². The molecule has 2 aromatic heterocycles. The fraction of sp³-hybridized carbons (Fsp3) is 0. The molecule has 2 aromatic rings. The zero-order chi connectivity index (χ0) is 6.10. The van der Waals surface area contributed by atoms with Crippen LogP contribution in [0, 0.1) is 0 Å². The second-order valence-corrected chi connectivity index (χ2v) is 1.80. The van der Waals surface area contributed by atoms with Gasteiger partial charge in [0.2, 0.25) is 0 Å². The number of H-pyrrole nitrogens is 1. The van der Waals surface area contributed by atoms with E-state index < -0.39 is 0 Å². The van der Waals surface area contributed by atoms with Crippen LogP contribution in [0.15, 0.2) is 24.8 Å². The molecule has 0 saturated heterocycles. The lowest BCUT2D eigenvalue weighted by molar-refractivity contribution is 0.824. The van der Waals surface area contributed by atoms with Gasteiger partial charge in [-0.25, -0.2) is 9.97 Å². The predicted molar refractivity (Wildman–Crippen MR) is 37.5 cm³/mol. The second kappa shape index (κ2) is 2.45. The summed E-state index contributed by atoms with van der Waals surface area (Å²) < 4.78 is 0. The van der Waals surface area contributed by atoms with Crippen LogP contribution in [0.2, 0.25) is 0 Å². The number of hydrogen-bond donors (Lipinski definition) is 1. The molecule has 0 radical (unpaired) electrons. The normalized spacial score (nSPS) is 9.20. The van der Waals surface area contributed by atoms with Gasteiger partial charge in [-0.15, -0.1) is 0 Å². The van der Waals surface area contributed by atoms with E-state index in [2.05, 4.69) is 15.0 Å². The van der Waals surface area contributed by atoms with Gasteiger partial charge in [0.1, 0.15) is 12.0 Å². The maximum Gasteiger partial charge on any atom is 0.140 e. The monoisotopic (exact) mass is 137 g/mol. The summed E-state index contributed by atoms with van der Waals surface area (Å²) in [6.45, 7) is 0. The van der Waals surface area contributed by atoms with Crippen molar-refractivity contribution in [2.75, 3.05) is 0 Å². The zero-order valence-electron chi connectivity index (χ0n) is 5.20. The van der Waals surface area contributed by atoms with Crippen LogP contribution in [0.3, 0.4) is 0 Å². The first-order valence-electron chi connectivity index (χ1n) is 2.70. The topological polar surface area (TPSA) is 73.1 Å². The molecule has 0 spiro atoms. The number of rotatable bonds is 0. The molecule has 2 heterocycles. The molecule has 0 aliphatic carbocycles. The predicted octanol–water partition coefficient (Wildman–Crippen LogP) is 0.133. The number of aromatic nitrogens is 3. The average molecular weight is 137 g/mol. The summed E-state index contributed by atoms with van der Waals surface area (Å²) in [5.41, 5.74) is 0.894. The summed E-state index contributed by atoms with van der Waals surface area (Å²) in [4.78, 5) is 10.8. The minimum Gasteiger partial charge on any atom is -0.412 e. The molecule has 0 aliphatic heterocycles. The van der Waals surface area contributed by atoms with Gasteiger partial charge in [-0.3, -0.25) is 0 Å². The Morgan fingerprint density at radius 1 is 1.40 bits per heavy atom. The standard InChI is InChI=1S/C6H5N3.H2O/c1-2-8-6-5(1)3-7-4-9-6;/h1-4H,(H,7,8,9);1H2. The fourth-order valence-electron chi connectivity index (χ4n) is 0.793. The Hall–Kier alpha value is -1.42. The number of nitrogens with zero attached hydrogens (tertiary/aromatic N) is 2. The van der Waals surface area contributed by atoms with Crippen molar-refractivity contribution < 1.29 is 5.48 Å². The minimum absolute atomic E-state index is 0. The lowest BCUT2D eigenvalue weighted by Gasteiger charge is -1.81. The van der Waals surface area contributed by atoms with Crippen molar-refractivity contribution in [2.45, 2.75) is 0 Å². The molecule has 4 nitrogen and oxygen atoms in total. The molecule has 0 fully saturated rings. The highest BCUT2D eigenvalue weighted by Gasteiger charge is 1.89. The van der Waals surface area contributed by atoms with Crippen molar-refractivity contribution in [3.05, 3.63) is 24.8 Å². The minimum atomic E-state index is 0. The quantitative estimate of drug-likeness (QED) is 0.560. The third-order valence-corrected chi connectivity index (χ3v) is 1.22. The van der Waals surface area contributed by atoms with E-state index in [4.69, 9.17) is 0 Å². The van der Waals surface area contributed by atoms with E-state index in [1.807, 2.05) is 12.3 Å². The summed E-state index contributed by atoms with van der Waals surface area (Å²) >= 11 is 0. The van der Waals surface area contributed by atoms with Crippen LogP contribution < -0.4 is 0 Å². The molecule has 10 heavy (non-hydrogen) atoms. The SMILES string of the molecule is O.c1ncc2cc[nH]c2n1. The van der Waals surface area contributed by atoms with Crippen LogP contribution in [-0.4, -0.2) is 20.4 Å². The first-order valence-corrected chi connectivity index (χ1v) is 2.70. The van der Waals surface area contributed by atoms with Crippen molar-refractivity contribution in [1.82, 2.24) is 15.0 Å². The van der Waals surface area contributed by atoms with Crippen molar-refractivity contribution in [3.8, 4) is 0 Å². The molecule has 0 bridgehead atoms. The first kappa shape index (κ1) is 6.70. The third-order valence-electron chi connectivity index (χ3n) is 1.22. The van der Waals surface area contributed by atoms with Gasteiger partial charge in [0.15, 0.2) is 0 Å². The summed E-state index contributed by atoms with van der Waals surface area (Å²) in [6.07, 6.45) is 5.15. The summed E-state index contributed by atoms with van der Waals surface area (Å²) in [5.74, 6) is 0. The van der Waals surface area contributed by atoms with Gasteiger partial charge < -0.3 is 10.5 Å². The Labute approximate surface area is 57.2 Å². The van der Waals surface area contributed by atoms with Gasteiger partial charge in [0, 0.05) is 17.8 Å². The van der Waals surface area contributed by atoms with E-state index in [0.717, 1.165) is 11.0 Å². The van der Waals surface area contributed by atoms with E-state index in [0.29, 0.717) is 0 Å². The number of nitrogens with one attached hydrogen (secondary N) is 1. The Morgan fingerprint density at radius 2 is 2.30 bits per heavy atom. The molecule has 0 atom stereocenters. The maximum absolute atomic E-state index is 3.97. The van der Waals surface area contributed by atoms with Gasteiger partial charge in [-0.05, 0) is 6.07 Å². The Bertz CT molecular complexity index is 287. The van der Waals surface area contributed by atoms with Crippen LogP contribution in [-0.2, 0) is 0 Å². The molecule has 3 N–H and O–H groups in total. The molecule has 0 amide bonds. The van der Waals surface area contributed by atoms with E-state index in [9.17, 15) is 0 Å². The Morgan fingerprint density at radius 3 is 3.10 bits per heavy atom. The molecular weight excluding hydrogens is 130 g/mol. The highest BCUT2D eigenvalue weighted by molar-refractivity contribution is 5.73. The Kier molecular flexibility index (Phi) is 1.64. The highest BCUT2D eigenvalue weighted by atomic mass is 16.0. The van der Waals surface area contributed by atoms with Gasteiger partial charge in [-0.1, -0.05) is 0 Å².